The molecule has 0 amide bonds. The molecule has 104 valence electrons. The van der Waals surface area contributed by atoms with Crippen LogP contribution in [0.5, 0.6) is 5.75 Å². The highest BCUT2D eigenvalue weighted by Crippen LogP contribution is 2.12. The first kappa shape index (κ1) is 14.1. The summed E-state index contributed by atoms with van der Waals surface area (Å²) in [6.45, 7) is 2.01. The molecule has 0 radical (unpaired) electrons. The normalized spacial score (nSPS) is 11.2. The molecule has 1 heterocycles. The van der Waals surface area contributed by atoms with Crippen LogP contribution >= 0.6 is 0 Å². The van der Waals surface area contributed by atoms with Crippen LogP contribution in [0.25, 0.3) is 0 Å². The van der Waals surface area contributed by atoms with E-state index in [-0.39, 0.29) is 0 Å². The lowest BCUT2D eigenvalue weighted by Gasteiger charge is -2.04. The zero-order valence-electron chi connectivity index (χ0n) is 11.8. The van der Waals surface area contributed by atoms with Crippen LogP contribution in [0.15, 0.2) is 53.8 Å². The van der Waals surface area contributed by atoms with E-state index in [0.717, 1.165) is 30.1 Å². The monoisotopic (exact) mass is 269 g/mol. The highest BCUT2D eigenvalue weighted by molar-refractivity contribution is 5.82. The average molecular weight is 269 g/mol. The number of hydrogen-bond acceptors (Lipinski definition) is 4. The zero-order valence-corrected chi connectivity index (χ0v) is 11.8. The fourth-order valence-corrected chi connectivity index (χ4v) is 1.75. The minimum atomic E-state index is 0.760. The Balaban J connectivity index is 1.83. The molecule has 0 atom stereocenters. The van der Waals surface area contributed by atoms with Crippen LogP contribution in [0.4, 0.5) is 5.82 Å². The van der Waals surface area contributed by atoms with E-state index in [0.29, 0.717) is 0 Å². The molecule has 0 aliphatic heterocycles. The van der Waals surface area contributed by atoms with E-state index in [1.165, 1.54) is 5.56 Å². The maximum absolute atomic E-state index is 5.14. The fraction of sp³-hybridized carbons (Fsp3) is 0.250. The third-order valence-electron chi connectivity index (χ3n) is 2.96. The van der Waals surface area contributed by atoms with Crippen molar-refractivity contribution in [2.75, 3.05) is 12.5 Å². The second-order valence-corrected chi connectivity index (χ2v) is 4.52. The number of methoxy groups -OCH3 is 1. The first-order valence-corrected chi connectivity index (χ1v) is 6.61. The van der Waals surface area contributed by atoms with Gasteiger partial charge in [-0.1, -0.05) is 18.2 Å². The van der Waals surface area contributed by atoms with E-state index in [1.54, 1.807) is 13.3 Å². The topological polar surface area (TPSA) is 46.5 Å². The summed E-state index contributed by atoms with van der Waals surface area (Å²) in [4.78, 5) is 4.16. The van der Waals surface area contributed by atoms with Crippen LogP contribution in [-0.2, 0) is 6.42 Å². The number of nitrogens with zero attached hydrogens (tertiary/aromatic N) is 2. The molecule has 2 aromatic rings. The maximum atomic E-state index is 5.14. The lowest BCUT2D eigenvalue weighted by molar-refractivity contribution is 0.414. The molecule has 0 bridgehead atoms. The molecule has 0 unspecified atom stereocenters. The SMILES string of the molecule is COc1ccc(CC/C(C)=N\Nc2ccccn2)cc1. The lowest BCUT2D eigenvalue weighted by Crippen LogP contribution is -2.00. The van der Waals surface area contributed by atoms with Crippen LogP contribution in [0, 0.1) is 0 Å². The van der Waals surface area contributed by atoms with Gasteiger partial charge in [0, 0.05) is 11.9 Å². The number of aryl methyl sites for hydroxylation is 1. The van der Waals surface area contributed by atoms with Crippen LogP contribution in [-0.4, -0.2) is 17.8 Å². The zero-order chi connectivity index (χ0) is 14.2. The van der Waals surface area contributed by atoms with Gasteiger partial charge in [-0.2, -0.15) is 5.10 Å². The van der Waals surface area contributed by atoms with Crippen molar-refractivity contribution in [3.05, 3.63) is 54.2 Å². The maximum Gasteiger partial charge on any atom is 0.146 e. The molecule has 0 saturated heterocycles. The number of hydrazone groups is 1. The van der Waals surface area contributed by atoms with Crippen LogP contribution in [0.1, 0.15) is 18.9 Å². The lowest BCUT2D eigenvalue weighted by atomic mass is 10.1. The van der Waals surface area contributed by atoms with Gasteiger partial charge in [0.15, 0.2) is 0 Å². The van der Waals surface area contributed by atoms with E-state index < -0.39 is 0 Å². The van der Waals surface area contributed by atoms with Gasteiger partial charge in [-0.15, -0.1) is 0 Å². The van der Waals surface area contributed by atoms with Crippen LogP contribution < -0.4 is 10.2 Å². The van der Waals surface area contributed by atoms with Gasteiger partial charge < -0.3 is 4.74 Å². The number of benzene rings is 1. The van der Waals surface area contributed by atoms with E-state index in [4.69, 9.17) is 4.74 Å². The largest absolute Gasteiger partial charge is 0.497 e. The minimum Gasteiger partial charge on any atom is -0.497 e. The summed E-state index contributed by atoms with van der Waals surface area (Å²) in [6.07, 6.45) is 3.61. The van der Waals surface area contributed by atoms with Gasteiger partial charge in [0.05, 0.1) is 7.11 Å². The third kappa shape index (κ3) is 4.39. The van der Waals surface area contributed by atoms with Crippen molar-refractivity contribution in [1.82, 2.24) is 4.98 Å². The molecule has 2 rings (SSSR count). The van der Waals surface area contributed by atoms with E-state index >= 15 is 0 Å². The molecule has 0 aliphatic carbocycles. The summed E-state index contributed by atoms with van der Waals surface area (Å²) in [6, 6.07) is 13.8. The van der Waals surface area contributed by atoms with Crippen LogP contribution in [0.3, 0.4) is 0 Å². The van der Waals surface area contributed by atoms with Crippen molar-refractivity contribution >= 4 is 11.5 Å². The van der Waals surface area contributed by atoms with Crippen molar-refractivity contribution in [3.63, 3.8) is 0 Å². The summed E-state index contributed by atoms with van der Waals surface area (Å²) in [5, 5.41) is 4.32. The molecule has 0 saturated carbocycles. The summed E-state index contributed by atoms with van der Waals surface area (Å²) in [5.74, 6) is 1.65. The molecule has 0 spiro atoms. The van der Waals surface area contributed by atoms with E-state index in [1.807, 2.05) is 37.3 Å². The first-order valence-electron chi connectivity index (χ1n) is 6.61. The summed E-state index contributed by atoms with van der Waals surface area (Å²) >= 11 is 0. The number of aromatic nitrogens is 1. The molecular weight excluding hydrogens is 250 g/mol. The first-order chi connectivity index (χ1) is 9.78. The standard InChI is InChI=1S/C16H19N3O/c1-13(18-19-16-5-3-4-12-17-16)6-7-14-8-10-15(20-2)11-9-14/h3-5,8-12H,6-7H2,1-2H3,(H,17,19)/b18-13-. The van der Waals surface area contributed by atoms with E-state index in [2.05, 4.69) is 27.6 Å². The van der Waals surface area contributed by atoms with Gasteiger partial charge >= 0.3 is 0 Å². The molecule has 4 heteroatoms. The van der Waals surface area contributed by atoms with E-state index in [9.17, 15) is 0 Å². The molecule has 1 aromatic heterocycles. The number of rotatable bonds is 6. The summed E-state index contributed by atoms with van der Waals surface area (Å²) < 4.78 is 5.14. The van der Waals surface area contributed by atoms with Gasteiger partial charge in [0.2, 0.25) is 0 Å². The summed E-state index contributed by atoms with van der Waals surface area (Å²) in [5.41, 5.74) is 5.28. The molecule has 1 aromatic carbocycles. The Labute approximate surface area is 119 Å². The van der Waals surface area contributed by atoms with Gasteiger partial charge in [-0.3, -0.25) is 5.43 Å². The smallest absolute Gasteiger partial charge is 0.146 e. The van der Waals surface area contributed by atoms with Crippen molar-refractivity contribution in [2.24, 2.45) is 5.10 Å². The Morgan fingerprint density at radius 2 is 2.00 bits per heavy atom. The highest BCUT2D eigenvalue weighted by atomic mass is 16.5. The number of hydrogen-bond donors (Lipinski definition) is 1. The van der Waals surface area contributed by atoms with Gasteiger partial charge in [0.1, 0.15) is 11.6 Å². The Hall–Kier alpha value is -2.36. The predicted octanol–water partition coefficient (Wildman–Crippen LogP) is 3.51. The summed E-state index contributed by atoms with van der Waals surface area (Å²) in [7, 11) is 1.68. The van der Waals surface area contributed by atoms with Crippen molar-refractivity contribution in [3.8, 4) is 5.75 Å². The number of ether oxygens (including phenoxy) is 1. The van der Waals surface area contributed by atoms with Crippen molar-refractivity contribution in [2.45, 2.75) is 19.8 Å². The van der Waals surface area contributed by atoms with Gasteiger partial charge in [-0.25, -0.2) is 4.98 Å². The Kier molecular flexibility index (Phi) is 5.12. The predicted molar refractivity (Wildman–Crippen MR) is 82.3 cm³/mol. The molecular formula is C16H19N3O. The second kappa shape index (κ2) is 7.28. The quantitative estimate of drug-likeness (QED) is 0.645. The molecule has 20 heavy (non-hydrogen) atoms. The highest BCUT2D eigenvalue weighted by Gasteiger charge is 1.97. The molecule has 0 fully saturated rings. The van der Waals surface area contributed by atoms with Crippen molar-refractivity contribution < 1.29 is 4.74 Å². The Morgan fingerprint density at radius 1 is 1.20 bits per heavy atom. The Morgan fingerprint density at radius 3 is 2.65 bits per heavy atom. The number of nitrogens with one attached hydrogen (secondary N) is 1. The molecule has 1 N–H and O–H groups in total. The molecule has 0 aliphatic rings. The minimum absolute atomic E-state index is 0.760. The van der Waals surface area contributed by atoms with Crippen molar-refractivity contribution in [1.29, 1.82) is 0 Å². The number of pyridine rings is 1. The van der Waals surface area contributed by atoms with Crippen LogP contribution in [0.2, 0.25) is 0 Å². The second-order valence-electron chi connectivity index (χ2n) is 4.52. The third-order valence-corrected chi connectivity index (χ3v) is 2.96. The van der Waals surface area contributed by atoms with Gasteiger partial charge in [-0.05, 0) is 49.6 Å². The van der Waals surface area contributed by atoms with Gasteiger partial charge in [0.25, 0.3) is 0 Å². The Bertz CT molecular complexity index is 550. The molecule has 4 nitrogen and oxygen atoms in total. The average Bonchev–Trinajstić information content (AvgIpc) is 2.52. The fourth-order valence-electron chi connectivity index (χ4n) is 1.75. The number of anilines is 1.